The average Bonchev–Trinajstić information content (AvgIpc) is 2.85. The third kappa shape index (κ3) is 6.31. The summed E-state index contributed by atoms with van der Waals surface area (Å²) < 4.78 is 11.1. The summed E-state index contributed by atoms with van der Waals surface area (Å²) in [6.45, 7) is 14.5. The summed E-state index contributed by atoms with van der Waals surface area (Å²) in [5.74, 6) is -0.0357. The third-order valence-corrected chi connectivity index (χ3v) is 6.35. The second-order valence-corrected chi connectivity index (χ2v) is 9.71. The molecule has 8 nitrogen and oxygen atoms in total. The van der Waals surface area contributed by atoms with Crippen LogP contribution < -0.4 is 9.64 Å². The van der Waals surface area contributed by atoms with Crippen LogP contribution in [0, 0.1) is 4.91 Å². The molecular weight excluding hydrogens is 446 g/mol. The molecule has 2 aromatic carbocycles. The minimum Gasteiger partial charge on any atom is -0.507 e. The predicted molar refractivity (Wildman–Crippen MR) is 138 cm³/mol. The number of phenols is 1. The number of carbonyl (C=O) groups is 1. The molecule has 0 bridgehead atoms. The smallest absolute Gasteiger partial charge is 0.257 e. The van der Waals surface area contributed by atoms with Crippen LogP contribution in [0.2, 0.25) is 0 Å². The summed E-state index contributed by atoms with van der Waals surface area (Å²) in [4.78, 5) is 28.4. The zero-order valence-electron chi connectivity index (χ0n) is 21.4. The van der Waals surface area contributed by atoms with E-state index < -0.39 is 6.04 Å². The van der Waals surface area contributed by atoms with E-state index in [-0.39, 0.29) is 29.2 Å². The fourth-order valence-electron chi connectivity index (χ4n) is 4.28. The van der Waals surface area contributed by atoms with E-state index in [0.29, 0.717) is 32.1 Å². The van der Waals surface area contributed by atoms with Crippen molar-refractivity contribution in [2.45, 2.75) is 46.1 Å². The summed E-state index contributed by atoms with van der Waals surface area (Å²) in [6.07, 6.45) is 0. The maximum absolute atomic E-state index is 12.7. The number of aromatic hydroxyl groups is 1. The van der Waals surface area contributed by atoms with E-state index in [9.17, 15) is 14.8 Å². The Balaban J connectivity index is 1.76. The molecular formula is C27H37N3O5. The highest BCUT2D eigenvalue weighted by atomic mass is 16.5. The molecule has 1 N–H and O–H groups in total. The average molecular weight is 484 g/mol. The van der Waals surface area contributed by atoms with Gasteiger partial charge in [0, 0.05) is 37.9 Å². The lowest BCUT2D eigenvalue weighted by atomic mass is 9.83. The van der Waals surface area contributed by atoms with Crippen LogP contribution in [-0.4, -0.2) is 61.9 Å². The van der Waals surface area contributed by atoms with E-state index in [1.54, 1.807) is 17.0 Å². The van der Waals surface area contributed by atoms with Crippen molar-refractivity contribution in [3.05, 3.63) is 58.0 Å². The molecule has 1 fully saturated rings. The van der Waals surface area contributed by atoms with Crippen LogP contribution in [0.5, 0.6) is 11.5 Å². The Kier molecular flexibility index (Phi) is 8.72. The standard InChI is InChI=1S/C27H37N3O5/c1-6-29(7-2)24-11-8-19(16-22(24)27(3,4)5)23(28-33)18-35-20-9-10-21(25(31)17-20)26(32)30-12-14-34-15-13-30/h8-11,16-17,23,31H,6-7,12-15,18H2,1-5H3. The lowest BCUT2D eigenvalue weighted by Crippen LogP contribution is -2.40. The first kappa shape index (κ1) is 26.5. The molecule has 1 aliphatic heterocycles. The predicted octanol–water partition coefficient (Wildman–Crippen LogP) is 4.89. The fourth-order valence-corrected chi connectivity index (χ4v) is 4.28. The zero-order chi connectivity index (χ0) is 25.6. The number of phenolic OH excluding ortho intramolecular Hbond substituents is 1. The minimum atomic E-state index is -0.710. The van der Waals surface area contributed by atoms with Crippen molar-refractivity contribution < 1.29 is 19.4 Å². The maximum atomic E-state index is 12.7. The molecule has 1 amide bonds. The molecule has 2 aromatic rings. The Labute approximate surface area is 207 Å². The fraction of sp³-hybridized carbons (Fsp3) is 0.519. The van der Waals surface area contributed by atoms with E-state index >= 15 is 0 Å². The summed E-state index contributed by atoms with van der Waals surface area (Å²) in [5, 5.41) is 13.8. The normalized spacial score (nSPS) is 14.9. The van der Waals surface area contributed by atoms with Crippen molar-refractivity contribution in [1.82, 2.24) is 4.90 Å². The molecule has 0 aliphatic carbocycles. The molecule has 1 unspecified atom stereocenters. The molecule has 1 atom stereocenters. The molecule has 1 saturated heterocycles. The number of hydrogen-bond donors (Lipinski definition) is 1. The third-order valence-electron chi connectivity index (χ3n) is 6.35. The van der Waals surface area contributed by atoms with Gasteiger partial charge in [0.25, 0.3) is 5.91 Å². The first-order valence-electron chi connectivity index (χ1n) is 12.2. The number of ether oxygens (including phenoxy) is 2. The lowest BCUT2D eigenvalue weighted by Gasteiger charge is -2.31. The summed E-state index contributed by atoms with van der Waals surface area (Å²) in [6, 6.07) is 9.89. The number of rotatable bonds is 9. The van der Waals surface area contributed by atoms with Gasteiger partial charge in [0.05, 0.1) is 18.8 Å². The number of benzene rings is 2. The van der Waals surface area contributed by atoms with Crippen LogP contribution in [0.15, 0.2) is 41.6 Å². The van der Waals surface area contributed by atoms with Gasteiger partial charge in [0.15, 0.2) is 6.04 Å². The second-order valence-electron chi connectivity index (χ2n) is 9.71. The first-order chi connectivity index (χ1) is 16.7. The number of amides is 1. The van der Waals surface area contributed by atoms with Crippen molar-refractivity contribution in [1.29, 1.82) is 0 Å². The van der Waals surface area contributed by atoms with Gasteiger partial charge in [-0.2, -0.15) is 4.91 Å². The molecule has 35 heavy (non-hydrogen) atoms. The number of carbonyl (C=O) groups excluding carboxylic acids is 1. The van der Waals surface area contributed by atoms with Gasteiger partial charge in [0.2, 0.25) is 0 Å². The van der Waals surface area contributed by atoms with Crippen LogP contribution in [0.4, 0.5) is 5.69 Å². The largest absolute Gasteiger partial charge is 0.507 e. The van der Waals surface area contributed by atoms with E-state index in [1.807, 2.05) is 12.1 Å². The van der Waals surface area contributed by atoms with Gasteiger partial charge >= 0.3 is 0 Å². The van der Waals surface area contributed by atoms with E-state index in [2.05, 4.69) is 50.8 Å². The highest BCUT2D eigenvalue weighted by Gasteiger charge is 2.24. The van der Waals surface area contributed by atoms with E-state index in [4.69, 9.17) is 9.47 Å². The number of anilines is 1. The number of hydrogen-bond acceptors (Lipinski definition) is 7. The maximum Gasteiger partial charge on any atom is 0.257 e. The van der Waals surface area contributed by atoms with E-state index in [0.717, 1.165) is 29.9 Å². The quantitative estimate of drug-likeness (QED) is 0.511. The zero-order valence-corrected chi connectivity index (χ0v) is 21.4. The topological polar surface area (TPSA) is 91.7 Å². The molecule has 8 heteroatoms. The number of morpholine rings is 1. The Morgan fingerprint density at radius 1 is 1.14 bits per heavy atom. The van der Waals surface area contributed by atoms with Crippen LogP contribution in [0.25, 0.3) is 0 Å². The Morgan fingerprint density at radius 3 is 2.40 bits per heavy atom. The van der Waals surface area contributed by atoms with Crippen LogP contribution in [0.1, 0.15) is 62.1 Å². The first-order valence-corrected chi connectivity index (χ1v) is 12.2. The van der Waals surface area contributed by atoms with Gasteiger partial charge < -0.3 is 24.4 Å². The summed E-state index contributed by atoms with van der Waals surface area (Å²) in [7, 11) is 0. The van der Waals surface area contributed by atoms with Gasteiger partial charge in [0.1, 0.15) is 18.1 Å². The molecule has 0 radical (unpaired) electrons. The molecule has 0 aromatic heterocycles. The number of nitroso groups, excluding NO2 is 1. The Morgan fingerprint density at radius 2 is 1.83 bits per heavy atom. The SMILES string of the molecule is CCN(CC)c1ccc(C(COc2ccc(C(=O)N3CCOCC3)c(O)c2)N=O)cc1C(C)(C)C. The van der Waals surface area contributed by atoms with E-state index in [1.165, 1.54) is 6.07 Å². The Bertz CT molecular complexity index is 1020. The van der Waals surface area contributed by atoms with Crippen LogP contribution in [-0.2, 0) is 10.2 Å². The summed E-state index contributed by atoms with van der Waals surface area (Å²) in [5.41, 5.74) is 3.19. The van der Waals surface area contributed by atoms with Crippen molar-refractivity contribution in [2.75, 3.05) is 50.9 Å². The van der Waals surface area contributed by atoms with Crippen molar-refractivity contribution in [3.63, 3.8) is 0 Å². The monoisotopic (exact) mass is 483 g/mol. The molecule has 3 rings (SSSR count). The van der Waals surface area contributed by atoms with Crippen LogP contribution >= 0.6 is 0 Å². The second kappa shape index (κ2) is 11.5. The van der Waals surface area contributed by atoms with Gasteiger partial charge in [-0.25, -0.2) is 0 Å². The molecule has 0 saturated carbocycles. The Hall–Kier alpha value is -3.13. The van der Waals surface area contributed by atoms with Gasteiger partial charge in [-0.1, -0.05) is 38.1 Å². The van der Waals surface area contributed by atoms with Gasteiger partial charge in [-0.3, -0.25) is 4.79 Å². The van der Waals surface area contributed by atoms with Crippen LogP contribution in [0.3, 0.4) is 0 Å². The lowest BCUT2D eigenvalue weighted by molar-refractivity contribution is 0.0301. The molecule has 0 spiro atoms. The van der Waals surface area contributed by atoms with Crippen molar-refractivity contribution >= 4 is 11.6 Å². The molecule has 1 aliphatic rings. The summed E-state index contributed by atoms with van der Waals surface area (Å²) >= 11 is 0. The molecule has 190 valence electrons. The van der Waals surface area contributed by atoms with Crippen molar-refractivity contribution in [3.8, 4) is 11.5 Å². The number of nitrogens with zero attached hydrogens (tertiary/aromatic N) is 3. The van der Waals surface area contributed by atoms with Crippen molar-refractivity contribution in [2.24, 2.45) is 5.18 Å². The minimum absolute atomic E-state index is 0.0217. The van der Waals surface area contributed by atoms with Gasteiger partial charge in [-0.15, -0.1) is 0 Å². The van der Waals surface area contributed by atoms with Gasteiger partial charge in [-0.05, 0) is 48.6 Å². The molecule has 1 heterocycles. The highest BCUT2D eigenvalue weighted by molar-refractivity contribution is 5.97. The highest BCUT2D eigenvalue weighted by Crippen LogP contribution is 2.35.